The van der Waals surface area contributed by atoms with E-state index in [-0.39, 0.29) is 17.5 Å². The maximum atomic E-state index is 12.9. The number of carbonyl (C=O) groups excluding carboxylic acids is 1. The summed E-state index contributed by atoms with van der Waals surface area (Å²) in [5, 5.41) is 0. The molecule has 1 fully saturated rings. The number of H-pyrrole nitrogens is 1. The molecule has 6 nitrogen and oxygen atoms in total. The summed E-state index contributed by atoms with van der Waals surface area (Å²) >= 11 is 0. The van der Waals surface area contributed by atoms with Crippen molar-refractivity contribution in [1.29, 1.82) is 0 Å². The van der Waals surface area contributed by atoms with Gasteiger partial charge in [-0.2, -0.15) is 0 Å². The van der Waals surface area contributed by atoms with Crippen molar-refractivity contribution in [1.82, 2.24) is 9.88 Å². The first kappa shape index (κ1) is 20.2. The highest BCUT2D eigenvalue weighted by Crippen LogP contribution is 2.67. The molecule has 1 spiro atoms. The van der Waals surface area contributed by atoms with Gasteiger partial charge in [0.1, 0.15) is 11.8 Å². The van der Waals surface area contributed by atoms with Crippen LogP contribution in [-0.4, -0.2) is 49.2 Å². The predicted molar refractivity (Wildman–Crippen MR) is 121 cm³/mol. The van der Waals surface area contributed by atoms with Crippen LogP contribution in [0.3, 0.4) is 0 Å². The molecule has 32 heavy (non-hydrogen) atoms. The molecule has 4 aliphatic rings. The van der Waals surface area contributed by atoms with E-state index in [1.807, 2.05) is 6.07 Å². The first-order chi connectivity index (χ1) is 15.4. The number of rotatable bonds is 4. The molecule has 1 saturated heterocycles. The number of aromatic amines is 1. The maximum Gasteiger partial charge on any atom is 0.355 e. The van der Waals surface area contributed by atoms with Crippen molar-refractivity contribution in [3.63, 3.8) is 0 Å². The molecule has 1 aromatic carbocycles. The molecule has 4 atom stereocenters. The number of benzene rings is 1. The van der Waals surface area contributed by atoms with E-state index in [0.29, 0.717) is 30.2 Å². The summed E-state index contributed by atoms with van der Waals surface area (Å²) in [4.78, 5) is 18.9. The Morgan fingerprint density at radius 3 is 2.91 bits per heavy atom. The molecule has 3 heterocycles. The third-order valence-corrected chi connectivity index (χ3v) is 8.45. The Hall–Kier alpha value is -2.47. The molecule has 2 aliphatic carbocycles. The van der Waals surface area contributed by atoms with E-state index < -0.39 is 0 Å². The highest BCUT2D eigenvalue weighted by Gasteiger charge is 2.65. The van der Waals surface area contributed by atoms with Crippen molar-refractivity contribution in [2.24, 2.45) is 11.8 Å². The summed E-state index contributed by atoms with van der Waals surface area (Å²) in [5.74, 6) is 2.21. The van der Waals surface area contributed by atoms with Gasteiger partial charge in [0, 0.05) is 17.0 Å². The summed E-state index contributed by atoms with van der Waals surface area (Å²) in [5.41, 5.74) is 6.57. The van der Waals surface area contributed by atoms with E-state index in [1.54, 1.807) is 7.11 Å². The summed E-state index contributed by atoms with van der Waals surface area (Å²) < 4.78 is 18.1. The minimum atomic E-state index is -0.264. The third-order valence-electron chi connectivity index (χ3n) is 8.45. The number of methoxy groups -OCH3 is 1. The Morgan fingerprint density at radius 1 is 1.34 bits per heavy atom. The number of nitrogens with zero attached hydrogens (tertiary/aromatic N) is 1. The van der Waals surface area contributed by atoms with Gasteiger partial charge < -0.3 is 24.1 Å². The standard InChI is InChI=1S/C26H32N2O4/c1-13(2)12-31-25(29)21-14(3)16-11-17-18-10-15-6-7-19(30-5)23-20(15)26(17,8-9-28(18)4)24(32-23)22(16)27-21/h6-7,13,17-18,24,27H,8-12H2,1-5H3/t17-,18-,24-,26-/m0/s1. The Morgan fingerprint density at radius 2 is 2.16 bits per heavy atom. The van der Waals surface area contributed by atoms with E-state index in [0.717, 1.165) is 48.6 Å². The minimum Gasteiger partial charge on any atom is -0.493 e. The molecule has 0 radical (unpaired) electrons. The van der Waals surface area contributed by atoms with Gasteiger partial charge in [0.15, 0.2) is 11.5 Å². The molecule has 0 unspecified atom stereocenters. The van der Waals surface area contributed by atoms with Crippen molar-refractivity contribution in [3.05, 3.63) is 45.8 Å². The van der Waals surface area contributed by atoms with Crippen LogP contribution in [0.5, 0.6) is 11.5 Å². The Bertz CT molecular complexity index is 1120. The van der Waals surface area contributed by atoms with Crippen LogP contribution in [0.15, 0.2) is 12.1 Å². The van der Waals surface area contributed by atoms with Crippen LogP contribution in [0.1, 0.15) is 64.8 Å². The Balaban J connectivity index is 1.52. The molecule has 1 aromatic heterocycles. The molecule has 2 aromatic rings. The van der Waals surface area contributed by atoms with Crippen molar-refractivity contribution in [2.75, 3.05) is 27.3 Å². The second-order valence-electron chi connectivity index (χ2n) is 10.5. The summed E-state index contributed by atoms with van der Waals surface area (Å²) in [6.45, 7) is 7.63. The highest BCUT2D eigenvalue weighted by atomic mass is 16.5. The fraction of sp³-hybridized carbons (Fsp3) is 0.577. The smallest absolute Gasteiger partial charge is 0.355 e. The minimum absolute atomic E-state index is 0.0714. The summed E-state index contributed by atoms with van der Waals surface area (Å²) in [7, 11) is 3.97. The average molecular weight is 437 g/mol. The van der Waals surface area contributed by atoms with Gasteiger partial charge in [0.2, 0.25) is 0 Å². The van der Waals surface area contributed by atoms with E-state index in [1.165, 1.54) is 16.7 Å². The van der Waals surface area contributed by atoms with Crippen molar-refractivity contribution in [3.8, 4) is 11.5 Å². The molecule has 6 rings (SSSR count). The maximum absolute atomic E-state index is 12.9. The fourth-order valence-corrected chi connectivity index (χ4v) is 6.96. The fourth-order valence-electron chi connectivity index (χ4n) is 6.96. The average Bonchev–Trinajstić information content (AvgIpc) is 3.29. The monoisotopic (exact) mass is 436 g/mol. The van der Waals surface area contributed by atoms with Gasteiger partial charge in [-0.25, -0.2) is 4.79 Å². The number of aromatic nitrogens is 1. The quantitative estimate of drug-likeness (QED) is 0.736. The second kappa shape index (κ2) is 6.77. The Kier molecular flexibility index (Phi) is 4.26. The molecule has 1 N–H and O–H groups in total. The zero-order valence-corrected chi connectivity index (χ0v) is 19.6. The number of fused-ring (bicyclic) bond motifs is 2. The number of likely N-dealkylation sites (N-methyl/N-ethyl adjacent to an activating group) is 1. The predicted octanol–water partition coefficient (Wildman–Crippen LogP) is 3.95. The highest BCUT2D eigenvalue weighted by molar-refractivity contribution is 5.90. The SMILES string of the molecule is COc1ccc2c3c1O[C@H]1c4[nH]c(C(=O)OCC(C)C)c(C)c4C[C@H]4[C@H](C2)N(C)CC[C@]314. The van der Waals surface area contributed by atoms with Crippen LogP contribution in [-0.2, 0) is 23.0 Å². The number of hydrogen-bond acceptors (Lipinski definition) is 5. The number of esters is 1. The third kappa shape index (κ3) is 2.42. The lowest BCUT2D eigenvalue weighted by molar-refractivity contribution is -0.0256. The summed E-state index contributed by atoms with van der Waals surface area (Å²) in [6, 6.07) is 4.76. The first-order valence-corrected chi connectivity index (χ1v) is 11.8. The number of carbonyl (C=O) groups is 1. The van der Waals surface area contributed by atoms with E-state index in [4.69, 9.17) is 14.2 Å². The largest absolute Gasteiger partial charge is 0.493 e. The van der Waals surface area contributed by atoms with Crippen LogP contribution >= 0.6 is 0 Å². The van der Waals surface area contributed by atoms with Gasteiger partial charge in [0.05, 0.1) is 19.4 Å². The topological polar surface area (TPSA) is 63.8 Å². The molecule has 170 valence electrons. The van der Waals surface area contributed by atoms with Crippen LogP contribution < -0.4 is 9.47 Å². The molecule has 2 aliphatic heterocycles. The molecule has 2 bridgehead atoms. The first-order valence-electron chi connectivity index (χ1n) is 11.8. The van der Waals surface area contributed by atoms with Crippen molar-refractivity contribution >= 4 is 5.97 Å². The van der Waals surface area contributed by atoms with Gasteiger partial charge in [-0.05, 0) is 74.4 Å². The van der Waals surface area contributed by atoms with Crippen LogP contribution in [0.25, 0.3) is 0 Å². The lowest BCUT2D eigenvalue weighted by Gasteiger charge is -2.57. The van der Waals surface area contributed by atoms with Gasteiger partial charge in [-0.15, -0.1) is 0 Å². The lowest BCUT2D eigenvalue weighted by atomic mass is 9.51. The number of nitrogens with one attached hydrogen (secondary N) is 1. The molecule has 0 saturated carbocycles. The molecule has 6 heteroatoms. The number of likely N-dealkylation sites (tertiary alicyclic amines) is 1. The van der Waals surface area contributed by atoms with Gasteiger partial charge in [-0.1, -0.05) is 19.9 Å². The van der Waals surface area contributed by atoms with Gasteiger partial charge in [-0.3, -0.25) is 0 Å². The van der Waals surface area contributed by atoms with E-state index in [2.05, 4.69) is 43.8 Å². The Labute approximate surface area is 189 Å². The van der Waals surface area contributed by atoms with Crippen LogP contribution in [0.2, 0.25) is 0 Å². The van der Waals surface area contributed by atoms with Gasteiger partial charge >= 0.3 is 5.97 Å². The summed E-state index contributed by atoms with van der Waals surface area (Å²) in [6.07, 6.45) is 2.92. The van der Waals surface area contributed by atoms with Gasteiger partial charge in [0.25, 0.3) is 0 Å². The number of ether oxygens (including phenoxy) is 3. The number of hydrogen-bond donors (Lipinski definition) is 1. The molecule has 0 amide bonds. The van der Waals surface area contributed by atoms with Crippen LogP contribution in [0.4, 0.5) is 0 Å². The zero-order chi connectivity index (χ0) is 22.4. The van der Waals surface area contributed by atoms with Crippen molar-refractivity contribution in [2.45, 2.75) is 57.6 Å². The number of piperidine rings is 1. The van der Waals surface area contributed by atoms with E-state index >= 15 is 0 Å². The second-order valence-corrected chi connectivity index (χ2v) is 10.5. The molecular weight excluding hydrogens is 404 g/mol. The zero-order valence-electron chi connectivity index (χ0n) is 19.6. The normalized spacial score (nSPS) is 29.4. The van der Waals surface area contributed by atoms with Crippen LogP contribution in [0, 0.1) is 18.8 Å². The molecular formula is C26H32N2O4. The van der Waals surface area contributed by atoms with E-state index in [9.17, 15) is 4.79 Å². The lowest BCUT2D eigenvalue weighted by Crippen LogP contribution is -2.62. The van der Waals surface area contributed by atoms with Crippen molar-refractivity contribution < 1.29 is 19.0 Å².